The zero-order valence-corrected chi connectivity index (χ0v) is 19.2. The summed E-state index contributed by atoms with van der Waals surface area (Å²) in [5, 5.41) is 29.4. The van der Waals surface area contributed by atoms with E-state index in [0.717, 1.165) is 0 Å². The first-order chi connectivity index (χ1) is 14.2. The summed E-state index contributed by atoms with van der Waals surface area (Å²) in [6.45, 7) is 5.82. The maximum Gasteiger partial charge on any atom is 0.359 e. The molecule has 0 amide bonds. The monoisotopic (exact) mass is 479 g/mol. The Morgan fingerprint density at radius 1 is 1.32 bits per heavy atom. The molecule has 174 valence electrons. The van der Waals surface area contributed by atoms with Crippen molar-refractivity contribution in [2.75, 3.05) is 5.73 Å². The summed E-state index contributed by atoms with van der Waals surface area (Å²) in [6.07, 6.45) is -3.48. The average molecular weight is 480 g/mol. The van der Waals surface area contributed by atoms with Gasteiger partial charge in [0.25, 0.3) is 0 Å². The standard InChI is InChI=1S/C17H27ClN5O7P/c1-5-17(4,26)31(27,28)30-16(2,3)6-8-10(24)11(25)14(29-8)23-7-20-9-12(18)21-15(19)22-13(9)23/h7-8,10-11,14,24-26H,5-6H2,1-4H3,(H,27,28)(H2,19,21,22)/t8?,10?,11-,14-,17?/m1/s1. The van der Waals surface area contributed by atoms with Crippen molar-refractivity contribution in [3.8, 4) is 0 Å². The zero-order chi connectivity index (χ0) is 23.4. The number of ether oxygens (including phenoxy) is 1. The van der Waals surface area contributed by atoms with Gasteiger partial charge < -0.3 is 35.2 Å². The number of aromatic nitrogens is 4. The lowest BCUT2D eigenvalue weighted by atomic mass is 9.97. The van der Waals surface area contributed by atoms with Crippen molar-refractivity contribution in [3.05, 3.63) is 11.5 Å². The van der Waals surface area contributed by atoms with Gasteiger partial charge in [-0.15, -0.1) is 0 Å². The van der Waals surface area contributed by atoms with Gasteiger partial charge in [0.05, 0.1) is 18.0 Å². The molecule has 1 aliphatic rings. The number of nitrogens with zero attached hydrogens (tertiary/aromatic N) is 4. The Balaban J connectivity index is 1.82. The molecule has 1 fully saturated rings. The lowest BCUT2D eigenvalue weighted by molar-refractivity contribution is -0.0636. The van der Waals surface area contributed by atoms with Gasteiger partial charge in [-0.2, -0.15) is 9.97 Å². The fraction of sp³-hybridized carbons (Fsp3) is 0.706. The molecule has 31 heavy (non-hydrogen) atoms. The highest BCUT2D eigenvalue weighted by molar-refractivity contribution is 7.54. The van der Waals surface area contributed by atoms with Crippen LogP contribution < -0.4 is 5.73 Å². The quantitative estimate of drug-likeness (QED) is 0.283. The summed E-state index contributed by atoms with van der Waals surface area (Å²) < 4.78 is 25.1. The first-order valence-electron chi connectivity index (χ1n) is 9.62. The van der Waals surface area contributed by atoms with Crippen molar-refractivity contribution < 1.29 is 34.0 Å². The van der Waals surface area contributed by atoms with Crippen LogP contribution in [0.4, 0.5) is 5.95 Å². The Morgan fingerprint density at radius 3 is 2.58 bits per heavy atom. The largest absolute Gasteiger partial charge is 0.388 e. The second-order valence-corrected chi connectivity index (χ2v) is 10.9. The molecule has 0 bridgehead atoms. The van der Waals surface area contributed by atoms with Gasteiger partial charge in [0, 0.05) is 6.42 Å². The predicted molar refractivity (Wildman–Crippen MR) is 111 cm³/mol. The number of rotatable bonds is 7. The lowest BCUT2D eigenvalue weighted by Gasteiger charge is -2.35. The van der Waals surface area contributed by atoms with Crippen LogP contribution in [0.1, 0.15) is 46.8 Å². The molecule has 2 aromatic rings. The Labute approximate surface area is 183 Å². The van der Waals surface area contributed by atoms with Crippen LogP contribution >= 0.6 is 19.2 Å². The van der Waals surface area contributed by atoms with Crippen LogP contribution in [0.25, 0.3) is 11.2 Å². The normalized spacial score (nSPS) is 28.5. The molecule has 3 heterocycles. The van der Waals surface area contributed by atoms with Crippen LogP contribution in [0, 0.1) is 0 Å². The summed E-state index contributed by atoms with van der Waals surface area (Å²) in [7, 11) is -4.42. The Hall–Kier alpha value is -1.37. The van der Waals surface area contributed by atoms with Crippen molar-refractivity contribution >= 4 is 36.3 Å². The van der Waals surface area contributed by atoms with Crippen molar-refractivity contribution in [2.24, 2.45) is 0 Å². The topological polar surface area (TPSA) is 186 Å². The van der Waals surface area contributed by atoms with Gasteiger partial charge in [0.15, 0.2) is 22.4 Å². The fourth-order valence-electron chi connectivity index (χ4n) is 3.37. The van der Waals surface area contributed by atoms with Gasteiger partial charge in [-0.25, -0.2) is 4.98 Å². The molecule has 0 aliphatic carbocycles. The van der Waals surface area contributed by atoms with Crippen LogP contribution in [-0.4, -0.2) is 69.0 Å². The highest BCUT2D eigenvalue weighted by Crippen LogP contribution is 2.58. The number of anilines is 1. The minimum Gasteiger partial charge on any atom is -0.388 e. The van der Waals surface area contributed by atoms with E-state index in [1.807, 2.05) is 0 Å². The molecule has 14 heteroatoms. The summed E-state index contributed by atoms with van der Waals surface area (Å²) in [5.41, 5.74) is 4.82. The van der Waals surface area contributed by atoms with E-state index >= 15 is 0 Å². The number of imidazole rings is 1. The van der Waals surface area contributed by atoms with Gasteiger partial charge in [0.1, 0.15) is 17.7 Å². The van der Waals surface area contributed by atoms with Gasteiger partial charge in [0.2, 0.25) is 5.95 Å². The number of hydrogen-bond acceptors (Lipinski definition) is 10. The van der Waals surface area contributed by atoms with E-state index in [9.17, 15) is 24.8 Å². The minimum atomic E-state index is -4.42. The van der Waals surface area contributed by atoms with Crippen LogP contribution in [0.15, 0.2) is 6.33 Å². The number of nitrogens with two attached hydrogens (primary N) is 1. The van der Waals surface area contributed by atoms with Crippen molar-refractivity contribution in [1.29, 1.82) is 0 Å². The molecule has 6 N–H and O–H groups in total. The molecule has 0 spiro atoms. The molecule has 4 unspecified atom stereocenters. The Bertz CT molecular complexity index is 1020. The van der Waals surface area contributed by atoms with Crippen molar-refractivity contribution in [3.63, 3.8) is 0 Å². The minimum absolute atomic E-state index is 0.00144. The number of hydrogen-bond donors (Lipinski definition) is 5. The molecule has 0 aromatic carbocycles. The number of halogens is 1. The fourth-order valence-corrected chi connectivity index (χ4v) is 4.93. The van der Waals surface area contributed by atoms with Gasteiger partial charge in [-0.1, -0.05) is 18.5 Å². The average Bonchev–Trinajstić information content (AvgIpc) is 3.16. The third-order valence-corrected chi connectivity index (χ3v) is 7.89. The molecule has 0 saturated carbocycles. The molecule has 0 radical (unpaired) electrons. The first kappa shape index (κ1) is 24.3. The van der Waals surface area contributed by atoms with Crippen LogP contribution in [0.5, 0.6) is 0 Å². The molecular weight excluding hydrogens is 453 g/mol. The predicted octanol–water partition coefficient (Wildman–Crippen LogP) is 1.17. The molecular formula is C17H27ClN5O7P. The Kier molecular flexibility index (Phi) is 6.42. The highest BCUT2D eigenvalue weighted by Gasteiger charge is 2.50. The molecule has 6 atom stereocenters. The number of nitrogen functional groups attached to an aromatic ring is 1. The van der Waals surface area contributed by atoms with E-state index in [2.05, 4.69) is 15.0 Å². The molecule has 1 saturated heterocycles. The van der Waals surface area contributed by atoms with E-state index in [1.54, 1.807) is 6.92 Å². The number of fused-ring (bicyclic) bond motifs is 1. The molecule has 2 aromatic heterocycles. The maximum absolute atomic E-state index is 12.5. The van der Waals surface area contributed by atoms with Gasteiger partial charge in [-0.05, 0) is 27.2 Å². The number of aliphatic hydroxyl groups is 3. The van der Waals surface area contributed by atoms with Crippen molar-refractivity contribution in [1.82, 2.24) is 19.5 Å². The van der Waals surface area contributed by atoms with E-state index in [-0.39, 0.29) is 35.1 Å². The van der Waals surface area contributed by atoms with Crippen LogP contribution in [0.2, 0.25) is 5.15 Å². The van der Waals surface area contributed by atoms with Gasteiger partial charge >= 0.3 is 7.60 Å². The van der Waals surface area contributed by atoms with Crippen molar-refractivity contribution in [2.45, 2.75) is 76.0 Å². The van der Waals surface area contributed by atoms with E-state index in [1.165, 1.54) is 31.7 Å². The zero-order valence-electron chi connectivity index (χ0n) is 17.5. The maximum atomic E-state index is 12.5. The highest BCUT2D eigenvalue weighted by atomic mass is 35.5. The second kappa shape index (κ2) is 8.20. The Morgan fingerprint density at radius 2 is 1.97 bits per heavy atom. The van der Waals surface area contributed by atoms with E-state index in [4.69, 9.17) is 26.6 Å². The van der Waals surface area contributed by atoms with Crippen LogP contribution in [0.3, 0.4) is 0 Å². The summed E-state index contributed by atoms with van der Waals surface area (Å²) in [5.74, 6) is -0.0972. The molecule has 3 rings (SSSR count). The second-order valence-electron chi connectivity index (χ2n) is 8.39. The molecule has 12 nitrogen and oxygen atoms in total. The van der Waals surface area contributed by atoms with E-state index in [0.29, 0.717) is 0 Å². The third-order valence-electron chi connectivity index (χ3n) is 5.35. The SMILES string of the molecule is CCC(C)(O)P(=O)(O)OC(C)(C)CC1O[C@@H](n2cnc3c(Cl)nc(N)nc32)[C@H](O)C1O. The third kappa shape index (κ3) is 4.57. The first-order valence-corrected chi connectivity index (χ1v) is 11.6. The summed E-state index contributed by atoms with van der Waals surface area (Å²) in [6, 6.07) is 0. The lowest BCUT2D eigenvalue weighted by Crippen LogP contribution is -2.38. The summed E-state index contributed by atoms with van der Waals surface area (Å²) >= 11 is 6.03. The smallest absolute Gasteiger partial charge is 0.359 e. The van der Waals surface area contributed by atoms with Crippen LogP contribution in [-0.2, 0) is 13.8 Å². The van der Waals surface area contributed by atoms with Gasteiger partial charge in [-0.3, -0.25) is 9.13 Å². The molecule has 1 aliphatic heterocycles. The number of aliphatic hydroxyl groups excluding tert-OH is 2. The van der Waals surface area contributed by atoms with E-state index < -0.39 is 43.1 Å². The summed E-state index contributed by atoms with van der Waals surface area (Å²) in [4.78, 5) is 22.2.